The second kappa shape index (κ2) is 44.4. The van der Waals surface area contributed by atoms with Gasteiger partial charge in [-0.05, 0) is 25.7 Å². The summed E-state index contributed by atoms with van der Waals surface area (Å²) in [7, 11) is 4.96. The fraction of sp³-hybridized carbons (Fsp3) is 1.00. The third-order valence-corrected chi connectivity index (χ3v) is 11.5. The maximum absolute atomic E-state index is 2.48. The molecule has 0 aliphatic rings. The fourth-order valence-electron chi connectivity index (χ4n) is 7.88. The molecule has 298 valence electrons. The first kappa shape index (κ1) is 51.4. The monoisotopic (exact) mass is 712 g/mol. The molecule has 0 aliphatic heterocycles. The molecule has 49 heavy (non-hydrogen) atoms. The maximum Gasteiger partial charge on any atom is 0.0782 e. The number of halogens is 1. The van der Waals surface area contributed by atoms with Gasteiger partial charge < -0.3 is 16.9 Å². The van der Waals surface area contributed by atoms with Crippen LogP contribution in [0.1, 0.15) is 277 Å². The van der Waals surface area contributed by atoms with E-state index in [-0.39, 0.29) is 12.4 Å². The van der Waals surface area contributed by atoms with Gasteiger partial charge in [0.2, 0.25) is 0 Å². The van der Waals surface area contributed by atoms with Gasteiger partial charge in [-0.1, -0.05) is 251 Å². The van der Waals surface area contributed by atoms with Gasteiger partial charge >= 0.3 is 0 Å². The zero-order valence-corrected chi connectivity index (χ0v) is 36.0. The van der Waals surface area contributed by atoms with Crippen LogP contribution >= 0.6 is 0 Å². The molecule has 0 aromatic heterocycles. The molecule has 0 radical (unpaired) electrons. The molecule has 0 bridgehead atoms. The van der Waals surface area contributed by atoms with Gasteiger partial charge in [0.05, 0.1) is 27.2 Å². The molecule has 1 nitrogen and oxygen atoms in total. The molecular weight excluding hydrogens is 614 g/mol. The summed E-state index contributed by atoms with van der Waals surface area (Å²) in [4.78, 5) is 0. The molecule has 0 N–H and O–H groups in total. The van der Waals surface area contributed by atoms with Crippen molar-refractivity contribution in [1.82, 2.24) is 0 Å². The number of hydrogen-bond donors (Lipinski definition) is 0. The van der Waals surface area contributed by atoms with E-state index in [1.165, 1.54) is 281 Å². The summed E-state index contributed by atoms with van der Waals surface area (Å²) in [5.74, 6) is 0. The molecule has 2 heteroatoms. The summed E-state index contributed by atoms with van der Waals surface area (Å²) < 4.78 is 1.25. The second-order valence-corrected chi connectivity index (χ2v) is 17.2. The van der Waals surface area contributed by atoms with Crippen molar-refractivity contribution in [2.45, 2.75) is 277 Å². The van der Waals surface area contributed by atoms with Crippen LogP contribution in [0.25, 0.3) is 0 Å². The summed E-state index contributed by atoms with van der Waals surface area (Å²) in [6.45, 7) is 7.40. The number of quaternary nitrogens is 1. The second-order valence-electron chi connectivity index (χ2n) is 17.2. The summed E-state index contributed by atoms with van der Waals surface area (Å²) >= 11 is 0. The molecule has 0 saturated heterocycles. The van der Waals surface area contributed by atoms with Crippen molar-refractivity contribution in [2.75, 3.05) is 27.2 Å². The van der Waals surface area contributed by atoms with Gasteiger partial charge in [0, 0.05) is 0 Å². The van der Waals surface area contributed by atoms with E-state index in [9.17, 15) is 0 Å². The molecule has 0 rings (SSSR count). The van der Waals surface area contributed by atoms with E-state index in [2.05, 4.69) is 27.9 Å². The van der Waals surface area contributed by atoms with Crippen LogP contribution in [0.4, 0.5) is 0 Å². The topological polar surface area (TPSA) is 0 Å². The summed E-state index contributed by atoms with van der Waals surface area (Å²) in [5, 5.41) is 0. The first-order valence-corrected chi connectivity index (χ1v) is 23.4. The first-order chi connectivity index (χ1) is 23.6. The summed E-state index contributed by atoms with van der Waals surface area (Å²) in [6.07, 6.45) is 60.4. The van der Waals surface area contributed by atoms with Gasteiger partial charge in [0.1, 0.15) is 0 Å². The predicted molar refractivity (Wildman–Crippen MR) is 222 cm³/mol. The van der Waals surface area contributed by atoms with Gasteiger partial charge in [-0.15, -0.1) is 0 Å². The summed E-state index contributed by atoms with van der Waals surface area (Å²) in [5.41, 5.74) is 0. The fourth-order valence-corrected chi connectivity index (χ4v) is 7.88. The molecule has 0 spiro atoms. The van der Waals surface area contributed by atoms with Crippen molar-refractivity contribution in [2.24, 2.45) is 0 Å². The lowest BCUT2D eigenvalue weighted by molar-refractivity contribution is -0.890. The zero-order chi connectivity index (χ0) is 34.9. The van der Waals surface area contributed by atoms with E-state index in [0.717, 1.165) is 0 Å². The SMILES string of the molecule is CCCCCCCCCCCCCCCCCCCCCCC[N+](C)(C)CCCCCCCCCCCCCCCCCCCCCC.[Cl-]. The minimum Gasteiger partial charge on any atom is -1.00 e. The van der Waals surface area contributed by atoms with E-state index in [0.29, 0.717) is 0 Å². The predicted octanol–water partition coefficient (Wildman–Crippen LogP) is 14.1. The first-order valence-electron chi connectivity index (χ1n) is 23.4. The van der Waals surface area contributed by atoms with Crippen molar-refractivity contribution in [3.63, 3.8) is 0 Å². The minimum atomic E-state index is 0. The largest absolute Gasteiger partial charge is 1.00 e. The van der Waals surface area contributed by atoms with Crippen LogP contribution in [0, 0.1) is 0 Å². The lowest BCUT2D eigenvalue weighted by atomic mass is 10.0. The Morgan fingerprint density at radius 3 is 0.469 bits per heavy atom. The van der Waals surface area contributed by atoms with Crippen LogP contribution < -0.4 is 12.4 Å². The standard InChI is InChI=1S/C47H98N.ClH/c1-5-7-9-11-13-15-17-19-21-23-25-27-29-31-33-35-37-39-41-43-45-47-48(3,4)46-44-42-40-38-36-34-32-30-28-26-24-22-20-18-16-14-12-10-8-6-2;/h5-47H2,1-4H3;1H/q+1;/p-1. The summed E-state index contributed by atoms with van der Waals surface area (Å²) in [6, 6.07) is 0. The molecular formula is C47H98ClN. The molecule has 0 atom stereocenters. The quantitative estimate of drug-likeness (QED) is 0.0436. The Balaban J connectivity index is 0. The smallest absolute Gasteiger partial charge is 0.0782 e. The van der Waals surface area contributed by atoms with Crippen LogP contribution in [-0.2, 0) is 0 Å². The number of hydrogen-bond acceptors (Lipinski definition) is 0. The number of unbranched alkanes of at least 4 members (excludes halogenated alkanes) is 39. The normalized spacial score (nSPS) is 11.8. The highest BCUT2D eigenvalue weighted by Gasteiger charge is 2.13. The lowest BCUT2D eigenvalue weighted by Crippen LogP contribution is -3.00. The molecule has 0 aliphatic carbocycles. The Bertz CT molecular complexity index is 560. The Hall–Kier alpha value is 0.250. The molecule has 0 saturated carbocycles. The van der Waals surface area contributed by atoms with Gasteiger partial charge in [0.25, 0.3) is 0 Å². The van der Waals surface area contributed by atoms with Gasteiger partial charge in [-0.3, -0.25) is 0 Å². The Morgan fingerprint density at radius 1 is 0.204 bits per heavy atom. The van der Waals surface area contributed by atoms with Gasteiger partial charge in [-0.2, -0.15) is 0 Å². The highest BCUT2D eigenvalue weighted by molar-refractivity contribution is 4.53. The van der Waals surface area contributed by atoms with Gasteiger partial charge in [0.15, 0.2) is 0 Å². The minimum absolute atomic E-state index is 0. The third-order valence-electron chi connectivity index (χ3n) is 11.5. The van der Waals surface area contributed by atoms with E-state index in [4.69, 9.17) is 0 Å². The van der Waals surface area contributed by atoms with Crippen molar-refractivity contribution in [1.29, 1.82) is 0 Å². The van der Waals surface area contributed by atoms with Crippen LogP contribution in [0.2, 0.25) is 0 Å². The van der Waals surface area contributed by atoms with Crippen LogP contribution in [0.15, 0.2) is 0 Å². The zero-order valence-electron chi connectivity index (χ0n) is 35.2. The average Bonchev–Trinajstić information content (AvgIpc) is 3.08. The third kappa shape index (κ3) is 46.2. The van der Waals surface area contributed by atoms with Crippen LogP contribution in [-0.4, -0.2) is 31.7 Å². The van der Waals surface area contributed by atoms with Crippen molar-refractivity contribution >= 4 is 0 Å². The Morgan fingerprint density at radius 2 is 0.327 bits per heavy atom. The van der Waals surface area contributed by atoms with Crippen LogP contribution in [0.3, 0.4) is 0 Å². The van der Waals surface area contributed by atoms with Crippen LogP contribution in [0.5, 0.6) is 0 Å². The van der Waals surface area contributed by atoms with E-state index in [1.807, 2.05) is 0 Å². The van der Waals surface area contributed by atoms with E-state index >= 15 is 0 Å². The highest BCUT2D eigenvalue weighted by atomic mass is 35.5. The number of nitrogens with zero attached hydrogens (tertiary/aromatic N) is 1. The molecule has 0 unspecified atom stereocenters. The lowest BCUT2D eigenvalue weighted by Gasteiger charge is -2.30. The molecule has 0 aromatic rings. The van der Waals surface area contributed by atoms with E-state index < -0.39 is 0 Å². The van der Waals surface area contributed by atoms with Gasteiger partial charge in [-0.25, -0.2) is 0 Å². The molecule has 0 fully saturated rings. The number of rotatable bonds is 43. The highest BCUT2D eigenvalue weighted by Crippen LogP contribution is 2.17. The molecule has 0 heterocycles. The average molecular weight is 713 g/mol. The van der Waals surface area contributed by atoms with Crippen molar-refractivity contribution in [3.05, 3.63) is 0 Å². The molecule has 0 amide bonds. The van der Waals surface area contributed by atoms with Crippen molar-refractivity contribution in [3.8, 4) is 0 Å². The maximum atomic E-state index is 2.48. The van der Waals surface area contributed by atoms with E-state index in [1.54, 1.807) is 0 Å². The Kier molecular flexibility index (Phi) is 46.5. The Labute approximate surface area is 320 Å². The molecule has 0 aromatic carbocycles. The van der Waals surface area contributed by atoms with Crippen molar-refractivity contribution < 1.29 is 16.9 Å².